The van der Waals surface area contributed by atoms with Crippen LogP contribution in [0.4, 0.5) is 5.69 Å². The number of rotatable bonds is 5. The molecule has 3 nitrogen and oxygen atoms in total. The first kappa shape index (κ1) is 13.3. The lowest BCUT2D eigenvalue weighted by atomic mass is 10.2. The minimum atomic E-state index is -0.139. The standard InChI is InChI=1S/C16H17NO2/c1-13-7-9-15(10-8-13)17-16(18)12-19-11-14-5-3-2-4-6-14/h2-10H,11-12H2,1H3,(H,17,18). The number of ether oxygens (including phenoxy) is 1. The van der Waals surface area contributed by atoms with Gasteiger partial charge in [-0.25, -0.2) is 0 Å². The zero-order chi connectivity index (χ0) is 13.5. The van der Waals surface area contributed by atoms with Crippen LogP contribution in [0.2, 0.25) is 0 Å². The fourth-order valence-electron chi connectivity index (χ4n) is 1.67. The zero-order valence-electron chi connectivity index (χ0n) is 10.9. The van der Waals surface area contributed by atoms with Crippen LogP contribution in [0.15, 0.2) is 54.6 Å². The second-order valence-electron chi connectivity index (χ2n) is 4.39. The van der Waals surface area contributed by atoms with Gasteiger partial charge in [-0.15, -0.1) is 0 Å². The van der Waals surface area contributed by atoms with Crippen molar-refractivity contribution < 1.29 is 9.53 Å². The van der Waals surface area contributed by atoms with Gasteiger partial charge in [0, 0.05) is 5.69 Å². The Labute approximate surface area is 113 Å². The summed E-state index contributed by atoms with van der Waals surface area (Å²) < 4.78 is 5.37. The molecule has 0 saturated carbocycles. The summed E-state index contributed by atoms with van der Waals surface area (Å²) in [5.41, 5.74) is 3.02. The lowest BCUT2D eigenvalue weighted by Gasteiger charge is -2.06. The van der Waals surface area contributed by atoms with E-state index >= 15 is 0 Å². The molecule has 0 aliphatic rings. The van der Waals surface area contributed by atoms with Crippen LogP contribution in [-0.4, -0.2) is 12.5 Å². The molecule has 2 rings (SSSR count). The molecule has 0 aliphatic heterocycles. The van der Waals surface area contributed by atoms with Crippen molar-refractivity contribution in [2.75, 3.05) is 11.9 Å². The van der Waals surface area contributed by atoms with Crippen LogP contribution < -0.4 is 5.32 Å². The maximum atomic E-state index is 11.7. The van der Waals surface area contributed by atoms with Crippen LogP contribution in [0.1, 0.15) is 11.1 Å². The predicted octanol–water partition coefficient (Wildman–Crippen LogP) is 3.15. The summed E-state index contributed by atoms with van der Waals surface area (Å²) >= 11 is 0. The highest BCUT2D eigenvalue weighted by atomic mass is 16.5. The van der Waals surface area contributed by atoms with Crippen molar-refractivity contribution in [1.29, 1.82) is 0 Å². The first-order valence-electron chi connectivity index (χ1n) is 6.22. The predicted molar refractivity (Wildman–Crippen MR) is 75.9 cm³/mol. The third-order valence-corrected chi connectivity index (χ3v) is 2.68. The lowest BCUT2D eigenvalue weighted by molar-refractivity contribution is -0.121. The molecule has 3 heteroatoms. The molecule has 0 aliphatic carbocycles. The average molecular weight is 255 g/mol. The van der Waals surface area contributed by atoms with Crippen LogP contribution in [0.3, 0.4) is 0 Å². The normalized spacial score (nSPS) is 10.2. The molecule has 2 aromatic carbocycles. The molecule has 0 atom stereocenters. The molecule has 0 unspecified atom stereocenters. The molecule has 98 valence electrons. The van der Waals surface area contributed by atoms with Crippen molar-refractivity contribution in [2.24, 2.45) is 0 Å². The van der Waals surface area contributed by atoms with E-state index < -0.39 is 0 Å². The van der Waals surface area contributed by atoms with Crippen LogP contribution >= 0.6 is 0 Å². The highest BCUT2D eigenvalue weighted by Gasteiger charge is 2.02. The number of amides is 1. The molecule has 0 spiro atoms. The van der Waals surface area contributed by atoms with E-state index in [1.807, 2.05) is 61.5 Å². The van der Waals surface area contributed by atoms with Gasteiger partial charge < -0.3 is 10.1 Å². The monoisotopic (exact) mass is 255 g/mol. The Hall–Kier alpha value is -2.13. The van der Waals surface area contributed by atoms with Crippen molar-refractivity contribution >= 4 is 11.6 Å². The van der Waals surface area contributed by atoms with E-state index in [4.69, 9.17) is 4.74 Å². The van der Waals surface area contributed by atoms with E-state index in [1.165, 1.54) is 5.56 Å². The highest BCUT2D eigenvalue weighted by molar-refractivity contribution is 5.91. The van der Waals surface area contributed by atoms with Gasteiger partial charge in [0.25, 0.3) is 0 Å². The molecule has 0 radical (unpaired) electrons. The molecular weight excluding hydrogens is 238 g/mol. The highest BCUT2D eigenvalue weighted by Crippen LogP contribution is 2.08. The van der Waals surface area contributed by atoms with Crippen LogP contribution in [0, 0.1) is 6.92 Å². The van der Waals surface area contributed by atoms with Crippen molar-refractivity contribution in [3.63, 3.8) is 0 Å². The van der Waals surface area contributed by atoms with E-state index in [-0.39, 0.29) is 12.5 Å². The number of nitrogens with one attached hydrogen (secondary N) is 1. The van der Waals surface area contributed by atoms with Gasteiger partial charge in [-0.05, 0) is 24.6 Å². The molecule has 0 aromatic heterocycles. The van der Waals surface area contributed by atoms with Gasteiger partial charge in [-0.2, -0.15) is 0 Å². The quantitative estimate of drug-likeness (QED) is 0.891. The molecule has 1 N–H and O–H groups in total. The summed E-state index contributed by atoms with van der Waals surface area (Å²) in [7, 11) is 0. The smallest absolute Gasteiger partial charge is 0.250 e. The number of carbonyl (C=O) groups excluding carboxylic acids is 1. The number of hydrogen-bond donors (Lipinski definition) is 1. The largest absolute Gasteiger partial charge is 0.367 e. The van der Waals surface area contributed by atoms with Gasteiger partial charge in [0.15, 0.2) is 0 Å². The number of hydrogen-bond acceptors (Lipinski definition) is 2. The molecule has 0 bridgehead atoms. The summed E-state index contributed by atoms with van der Waals surface area (Å²) in [5, 5.41) is 2.79. The van der Waals surface area contributed by atoms with Crippen molar-refractivity contribution in [2.45, 2.75) is 13.5 Å². The van der Waals surface area contributed by atoms with Crippen LogP contribution in [-0.2, 0) is 16.1 Å². The number of anilines is 1. The van der Waals surface area contributed by atoms with Crippen molar-refractivity contribution in [1.82, 2.24) is 0 Å². The van der Waals surface area contributed by atoms with Gasteiger partial charge in [0.05, 0.1) is 6.61 Å². The number of benzene rings is 2. The topological polar surface area (TPSA) is 38.3 Å². The minimum absolute atomic E-state index is 0.0583. The van der Waals surface area contributed by atoms with E-state index in [9.17, 15) is 4.79 Å². The summed E-state index contributed by atoms with van der Waals surface area (Å²) in [6, 6.07) is 17.5. The molecule has 19 heavy (non-hydrogen) atoms. The van der Waals surface area contributed by atoms with Gasteiger partial charge in [0.1, 0.15) is 6.61 Å². The third kappa shape index (κ3) is 4.56. The van der Waals surface area contributed by atoms with Crippen molar-refractivity contribution in [3.8, 4) is 0 Å². The Bertz CT molecular complexity index is 520. The third-order valence-electron chi connectivity index (χ3n) is 2.68. The van der Waals surface area contributed by atoms with Gasteiger partial charge in [-0.3, -0.25) is 4.79 Å². The molecular formula is C16H17NO2. The Kier molecular flexibility index (Phi) is 4.70. The maximum Gasteiger partial charge on any atom is 0.250 e. The Morgan fingerprint density at radius 1 is 1.05 bits per heavy atom. The SMILES string of the molecule is Cc1ccc(NC(=O)COCc2ccccc2)cc1. The Morgan fingerprint density at radius 2 is 1.74 bits per heavy atom. The Morgan fingerprint density at radius 3 is 2.42 bits per heavy atom. The van der Waals surface area contributed by atoms with E-state index in [0.29, 0.717) is 6.61 Å². The van der Waals surface area contributed by atoms with E-state index in [0.717, 1.165) is 11.3 Å². The number of carbonyl (C=O) groups is 1. The van der Waals surface area contributed by atoms with Crippen LogP contribution in [0.5, 0.6) is 0 Å². The minimum Gasteiger partial charge on any atom is -0.367 e. The Balaban J connectivity index is 1.74. The van der Waals surface area contributed by atoms with Gasteiger partial charge >= 0.3 is 0 Å². The van der Waals surface area contributed by atoms with E-state index in [2.05, 4.69) is 5.32 Å². The number of aryl methyl sites for hydroxylation is 1. The average Bonchev–Trinajstić information content (AvgIpc) is 2.43. The maximum absolute atomic E-state index is 11.7. The van der Waals surface area contributed by atoms with Gasteiger partial charge in [0.2, 0.25) is 5.91 Å². The van der Waals surface area contributed by atoms with Crippen LogP contribution in [0.25, 0.3) is 0 Å². The summed E-state index contributed by atoms with van der Waals surface area (Å²) in [5.74, 6) is -0.139. The summed E-state index contributed by atoms with van der Waals surface area (Å²) in [4.78, 5) is 11.7. The first-order valence-corrected chi connectivity index (χ1v) is 6.22. The summed E-state index contributed by atoms with van der Waals surface area (Å²) in [6.45, 7) is 2.51. The first-order chi connectivity index (χ1) is 9.24. The molecule has 0 saturated heterocycles. The summed E-state index contributed by atoms with van der Waals surface area (Å²) in [6.07, 6.45) is 0. The van der Waals surface area contributed by atoms with Crippen molar-refractivity contribution in [3.05, 3.63) is 65.7 Å². The molecule has 0 fully saturated rings. The second-order valence-corrected chi connectivity index (χ2v) is 4.39. The van der Waals surface area contributed by atoms with E-state index in [1.54, 1.807) is 0 Å². The fraction of sp³-hybridized carbons (Fsp3) is 0.188. The molecule has 2 aromatic rings. The zero-order valence-corrected chi connectivity index (χ0v) is 10.9. The fourth-order valence-corrected chi connectivity index (χ4v) is 1.67. The second kappa shape index (κ2) is 6.71. The van der Waals surface area contributed by atoms with Gasteiger partial charge in [-0.1, -0.05) is 48.0 Å². The molecule has 0 heterocycles. The lowest BCUT2D eigenvalue weighted by Crippen LogP contribution is -2.18. The molecule has 1 amide bonds.